The number of aliphatic hydroxyl groups is 1. The van der Waals surface area contributed by atoms with Crippen LogP contribution < -0.4 is 0 Å². The minimum atomic E-state index is -1.58. The van der Waals surface area contributed by atoms with Gasteiger partial charge in [0.2, 0.25) is 5.79 Å². The molecule has 1 aliphatic heterocycles. The quantitative estimate of drug-likeness (QED) is 0.337. The second kappa shape index (κ2) is 7.44. The zero-order chi connectivity index (χ0) is 14.5. The number of carbonyl (C=O) groups excluding carboxylic acids is 1. The maximum Gasteiger partial charge on any atom is 0.305 e. The Kier molecular flexibility index (Phi) is 6.55. The third-order valence-electron chi connectivity index (χ3n) is 2.67. The summed E-state index contributed by atoms with van der Waals surface area (Å²) in [7, 11) is 0. The first-order valence-corrected chi connectivity index (χ1v) is 8.14. The SMILES string of the molecule is CC(=O)OC(O)(C/C=C\I)/C(C)=C/C1CSC(C)=N1. The molecule has 0 aromatic heterocycles. The molecule has 2 unspecified atom stereocenters. The monoisotopic (exact) mass is 395 g/mol. The van der Waals surface area contributed by atoms with Crippen LogP contribution in [0.25, 0.3) is 0 Å². The van der Waals surface area contributed by atoms with Crippen molar-refractivity contribution in [3.8, 4) is 0 Å². The van der Waals surface area contributed by atoms with Gasteiger partial charge in [-0.05, 0) is 23.5 Å². The van der Waals surface area contributed by atoms with E-state index in [-0.39, 0.29) is 12.5 Å². The van der Waals surface area contributed by atoms with Crippen LogP contribution >= 0.6 is 34.4 Å². The molecule has 0 saturated carbocycles. The first-order chi connectivity index (χ1) is 8.87. The van der Waals surface area contributed by atoms with Crippen LogP contribution in [0, 0.1) is 0 Å². The highest BCUT2D eigenvalue weighted by atomic mass is 127. The van der Waals surface area contributed by atoms with E-state index in [0.29, 0.717) is 5.57 Å². The molecule has 19 heavy (non-hydrogen) atoms. The molecule has 0 aromatic carbocycles. The van der Waals surface area contributed by atoms with Gasteiger partial charge in [-0.15, -0.1) is 11.8 Å². The molecule has 0 aromatic rings. The highest BCUT2D eigenvalue weighted by molar-refractivity contribution is 14.1. The van der Waals surface area contributed by atoms with Crippen LogP contribution in [0.4, 0.5) is 0 Å². The van der Waals surface area contributed by atoms with Crippen molar-refractivity contribution in [2.75, 3.05) is 5.75 Å². The number of rotatable bonds is 5. The number of esters is 1. The summed E-state index contributed by atoms with van der Waals surface area (Å²) in [5, 5.41) is 11.5. The lowest BCUT2D eigenvalue weighted by molar-refractivity contribution is -0.190. The number of hydrogen-bond donors (Lipinski definition) is 1. The van der Waals surface area contributed by atoms with E-state index in [2.05, 4.69) is 27.6 Å². The number of nitrogens with zero attached hydrogens (tertiary/aromatic N) is 1. The second-order valence-electron chi connectivity index (χ2n) is 4.32. The van der Waals surface area contributed by atoms with Crippen molar-refractivity contribution in [2.45, 2.75) is 39.0 Å². The molecule has 0 amide bonds. The minimum Gasteiger partial charge on any atom is -0.429 e. The van der Waals surface area contributed by atoms with E-state index in [0.717, 1.165) is 10.8 Å². The van der Waals surface area contributed by atoms with Crippen LogP contribution in [0.15, 0.2) is 26.8 Å². The van der Waals surface area contributed by atoms with Crippen molar-refractivity contribution in [3.05, 3.63) is 21.8 Å². The zero-order valence-electron chi connectivity index (χ0n) is 11.2. The van der Waals surface area contributed by atoms with Gasteiger partial charge in [0.15, 0.2) is 0 Å². The standard InChI is InChI=1S/C13H18INO3S/c1-9(7-12-8-19-10(2)15-12)13(17,5-4-6-14)18-11(3)16/h4,6-7,12,17H,5,8H2,1-3H3/b6-4-,9-7+. The van der Waals surface area contributed by atoms with Gasteiger partial charge in [-0.25, -0.2) is 0 Å². The summed E-state index contributed by atoms with van der Waals surface area (Å²) in [6, 6.07) is 0.0377. The number of halogens is 1. The Morgan fingerprint density at radius 1 is 1.68 bits per heavy atom. The normalized spacial score (nSPS) is 23.3. The summed E-state index contributed by atoms with van der Waals surface area (Å²) in [4.78, 5) is 15.6. The highest BCUT2D eigenvalue weighted by Crippen LogP contribution is 2.27. The minimum absolute atomic E-state index is 0.0377. The van der Waals surface area contributed by atoms with Gasteiger partial charge in [-0.3, -0.25) is 9.79 Å². The molecule has 1 N–H and O–H groups in total. The molecule has 4 nitrogen and oxygen atoms in total. The van der Waals surface area contributed by atoms with Crippen LogP contribution in [0.3, 0.4) is 0 Å². The molecular formula is C13H18INO3S. The molecule has 106 valence electrons. The van der Waals surface area contributed by atoms with Crippen LogP contribution in [-0.4, -0.2) is 33.7 Å². The number of ether oxygens (including phenoxy) is 1. The van der Waals surface area contributed by atoms with Gasteiger partial charge in [-0.2, -0.15) is 0 Å². The molecule has 1 rings (SSSR count). The van der Waals surface area contributed by atoms with Crippen molar-refractivity contribution in [2.24, 2.45) is 4.99 Å². The van der Waals surface area contributed by atoms with E-state index >= 15 is 0 Å². The third kappa shape index (κ3) is 5.27. The van der Waals surface area contributed by atoms with Crippen LogP contribution in [0.2, 0.25) is 0 Å². The van der Waals surface area contributed by atoms with E-state index in [1.54, 1.807) is 28.8 Å². The Labute approximate surface area is 131 Å². The molecule has 0 spiro atoms. The fourth-order valence-electron chi connectivity index (χ4n) is 1.74. The Morgan fingerprint density at radius 2 is 2.37 bits per heavy atom. The molecule has 0 fully saturated rings. The summed E-state index contributed by atoms with van der Waals surface area (Å²) in [6.45, 7) is 5.02. The van der Waals surface area contributed by atoms with E-state index in [9.17, 15) is 9.90 Å². The van der Waals surface area contributed by atoms with Gasteiger partial charge in [0.05, 0.1) is 11.1 Å². The Hall–Kier alpha value is -0.340. The van der Waals surface area contributed by atoms with E-state index < -0.39 is 11.8 Å². The number of thioether (sulfide) groups is 1. The zero-order valence-corrected chi connectivity index (χ0v) is 14.2. The Bertz CT molecular complexity index is 434. The summed E-state index contributed by atoms with van der Waals surface area (Å²) >= 11 is 3.75. The molecular weight excluding hydrogens is 377 g/mol. The van der Waals surface area contributed by atoms with E-state index in [1.165, 1.54) is 6.92 Å². The maximum absolute atomic E-state index is 11.1. The first-order valence-electron chi connectivity index (χ1n) is 5.90. The average Bonchev–Trinajstić information content (AvgIpc) is 2.71. The predicted octanol–water partition coefficient (Wildman–Crippen LogP) is 3.06. The van der Waals surface area contributed by atoms with Crippen molar-refractivity contribution in [1.29, 1.82) is 0 Å². The smallest absolute Gasteiger partial charge is 0.305 e. The van der Waals surface area contributed by atoms with Gasteiger partial charge in [0, 0.05) is 19.1 Å². The fourth-order valence-corrected chi connectivity index (χ4v) is 2.79. The molecule has 1 aliphatic rings. The van der Waals surface area contributed by atoms with Gasteiger partial charge in [-0.1, -0.05) is 34.7 Å². The second-order valence-corrected chi connectivity index (χ2v) is 6.25. The fraction of sp³-hybridized carbons (Fsp3) is 0.538. The summed E-state index contributed by atoms with van der Waals surface area (Å²) < 4.78 is 6.86. The van der Waals surface area contributed by atoms with Gasteiger partial charge in [0.25, 0.3) is 0 Å². The lowest BCUT2D eigenvalue weighted by Gasteiger charge is -2.27. The molecule has 0 saturated heterocycles. The van der Waals surface area contributed by atoms with Gasteiger partial charge in [0.1, 0.15) is 0 Å². The topological polar surface area (TPSA) is 58.9 Å². The molecule has 0 bridgehead atoms. The van der Waals surface area contributed by atoms with E-state index in [1.807, 2.05) is 13.0 Å². The lowest BCUT2D eigenvalue weighted by atomic mass is 10.0. The van der Waals surface area contributed by atoms with Crippen LogP contribution in [-0.2, 0) is 9.53 Å². The molecule has 0 aliphatic carbocycles. The van der Waals surface area contributed by atoms with Gasteiger partial charge < -0.3 is 9.84 Å². The maximum atomic E-state index is 11.1. The molecule has 0 radical (unpaired) electrons. The number of carbonyl (C=O) groups is 1. The third-order valence-corrected chi connectivity index (χ3v) is 4.21. The lowest BCUT2D eigenvalue weighted by Crippen LogP contribution is -2.35. The summed E-state index contributed by atoms with van der Waals surface area (Å²) in [6.07, 6.45) is 3.87. The van der Waals surface area contributed by atoms with E-state index in [4.69, 9.17) is 4.74 Å². The molecule has 6 heteroatoms. The number of hydrogen-bond acceptors (Lipinski definition) is 5. The largest absolute Gasteiger partial charge is 0.429 e. The van der Waals surface area contributed by atoms with Crippen molar-refractivity contribution in [1.82, 2.24) is 0 Å². The molecule has 1 heterocycles. The Balaban J connectivity index is 2.89. The average molecular weight is 395 g/mol. The summed E-state index contributed by atoms with van der Waals surface area (Å²) in [5.41, 5.74) is 0.612. The van der Waals surface area contributed by atoms with Crippen molar-refractivity contribution >= 4 is 45.4 Å². The molecule has 2 atom stereocenters. The highest BCUT2D eigenvalue weighted by Gasteiger charge is 2.32. The summed E-state index contributed by atoms with van der Waals surface area (Å²) in [5.74, 6) is -1.22. The predicted molar refractivity (Wildman–Crippen MR) is 87.6 cm³/mol. The van der Waals surface area contributed by atoms with Crippen molar-refractivity contribution < 1.29 is 14.6 Å². The Morgan fingerprint density at radius 3 is 2.84 bits per heavy atom. The van der Waals surface area contributed by atoms with Crippen LogP contribution in [0.5, 0.6) is 0 Å². The first kappa shape index (κ1) is 16.7. The van der Waals surface area contributed by atoms with Crippen molar-refractivity contribution in [3.63, 3.8) is 0 Å². The van der Waals surface area contributed by atoms with Crippen LogP contribution in [0.1, 0.15) is 27.2 Å². The van der Waals surface area contributed by atoms with Gasteiger partial charge >= 0.3 is 5.97 Å². The number of aliphatic imine (C=N–C) groups is 1.